The van der Waals surface area contributed by atoms with Crippen LogP contribution in [0.5, 0.6) is 0 Å². The van der Waals surface area contributed by atoms with Gasteiger partial charge in [0.2, 0.25) is 0 Å². The van der Waals surface area contributed by atoms with Crippen LogP contribution in [0.4, 0.5) is 5.13 Å². The molecule has 1 N–H and O–H groups in total. The molecule has 27 heavy (non-hydrogen) atoms. The van der Waals surface area contributed by atoms with Crippen molar-refractivity contribution < 1.29 is 4.79 Å². The van der Waals surface area contributed by atoms with Gasteiger partial charge in [-0.2, -0.15) is 0 Å². The lowest BCUT2D eigenvalue weighted by atomic mass is 9.99. The van der Waals surface area contributed by atoms with Gasteiger partial charge in [0.05, 0.1) is 12.0 Å². The van der Waals surface area contributed by atoms with Gasteiger partial charge in [0, 0.05) is 35.6 Å². The second-order valence-electron chi connectivity index (χ2n) is 7.07. The Morgan fingerprint density at radius 1 is 1.26 bits per heavy atom. The molecule has 1 fully saturated rings. The van der Waals surface area contributed by atoms with Crippen molar-refractivity contribution in [3.63, 3.8) is 0 Å². The summed E-state index contributed by atoms with van der Waals surface area (Å²) in [6.07, 6.45) is 7.83. The molecule has 0 aliphatic carbocycles. The molecule has 0 unspecified atom stereocenters. The fraction of sp³-hybridized carbons (Fsp3) is 0.350. The number of amides is 1. The molecule has 4 rings (SSSR count). The Morgan fingerprint density at radius 2 is 2.04 bits per heavy atom. The van der Waals surface area contributed by atoms with Gasteiger partial charge in [-0.1, -0.05) is 6.92 Å². The van der Waals surface area contributed by atoms with Gasteiger partial charge in [-0.15, -0.1) is 11.3 Å². The summed E-state index contributed by atoms with van der Waals surface area (Å²) in [7, 11) is 0. The molecular weight excluding hydrogens is 358 g/mol. The molecule has 0 radical (unpaired) electrons. The van der Waals surface area contributed by atoms with E-state index in [1.54, 1.807) is 12.5 Å². The summed E-state index contributed by atoms with van der Waals surface area (Å²) in [5.41, 5.74) is 2.61. The standard InChI is InChI=1S/C20H23N5OS/c1-15-6-9-24(10-7-15)12-17-13-27-20(22-17)23-19(26)16-2-4-18(5-3-16)25-11-8-21-14-25/h2-5,8,11,13-15H,6-7,9-10,12H2,1H3,(H,22,23,26). The second-order valence-corrected chi connectivity index (χ2v) is 7.93. The molecule has 0 spiro atoms. The average molecular weight is 382 g/mol. The number of imidazole rings is 1. The maximum atomic E-state index is 12.5. The Balaban J connectivity index is 1.35. The van der Waals surface area contributed by atoms with Gasteiger partial charge in [-0.3, -0.25) is 15.0 Å². The van der Waals surface area contributed by atoms with E-state index in [0.29, 0.717) is 10.7 Å². The number of rotatable bonds is 5. The molecule has 3 heterocycles. The molecule has 140 valence electrons. The number of carbonyl (C=O) groups excluding carboxylic acids is 1. The topological polar surface area (TPSA) is 63.1 Å². The van der Waals surface area contributed by atoms with Gasteiger partial charge >= 0.3 is 0 Å². The Hall–Kier alpha value is -2.51. The molecule has 0 saturated carbocycles. The third-order valence-corrected chi connectivity index (χ3v) is 5.77. The molecule has 1 aliphatic rings. The van der Waals surface area contributed by atoms with Crippen LogP contribution in [0.2, 0.25) is 0 Å². The van der Waals surface area contributed by atoms with Crippen molar-refractivity contribution >= 4 is 22.4 Å². The van der Waals surface area contributed by atoms with E-state index in [4.69, 9.17) is 0 Å². The number of nitrogens with one attached hydrogen (secondary N) is 1. The molecule has 1 amide bonds. The van der Waals surface area contributed by atoms with E-state index in [1.807, 2.05) is 40.4 Å². The summed E-state index contributed by atoms with van der Waals surface area (Å²) in [6.45, 7) is 5.43. The van der Waals surface area contributed by atoms with E-state index >= 15 is 0 Å². The van der Waals surface area contributed by atoms with Crippen molar-refractivity contribution in [2.45, 2.75) is 26.3 Å². The zero-order chi connectivity index (χ0) is 18.6. The maximum absolute atomic E-state index is 12.5. The molecule has 1 saturated heterocycles. The zero-order valence-corrected chi connectivity index (χ0v) is 16.2. The highest BCUT2D eigenvalue weighted by Gasteiger charge is 2.17. The molecule has 1 aromatic carbocycles. The first-order chi connectivity index (χ1) is 13.2. The van der Waals surface area contributed by atoms with Crippen LogP contribution >= 0.6 is 11.3 Å². The number of carbonyl (C=O) groups is 1. The summed E-state index contributed by atoms with van der Waals surface area (Å²) in [5, 5.41) is 5.60. The van der Waals surface area contributed by atoms with Crippen molar-refractivity contribution in [3.05, 3.63) is 59.6 Å². The number of hydrogen-bond acceptors (Lipinski definition) is 5. The second kappa shape index (κ2) is 8.02. The van der Waals surface area contributed by atoms with Crippen LogP contribution in [0.15, 0.2) is 48.4 Å². The predicted molar refractivity (Wildman–Crippen MR) is 107 cm³/mol. The van der Waals surface area contributed by atoms with Gasteiger partial charge in [0.1, 0.15) is 0 Å². The molecule has 3 aromatic rings. The number of aromatic nitrogens is 3. The van der Waals surface area contributed by atoms with E-state index in [1.165, 1.54) is 24.2 Å². The fourth-order valence-corrected chi connectivity index (χ4v) is 3.95. The van der Waals surface area contributed by atoms with E-state index in [2.05, 4.69) is 27.1 Å². The maximum Gasteiger partial charge on any atom is 0.257 e. The Kier molecular flexibility index (Phi) is 5.31. The predicted octanol–water partition coefficient (Wildman–Crippen LogP) is 3.81. The van der Waals surface area contributed by atoms with E-state index in [0.717, 1.165) is 36.9 Å². The summed E-state index contributed by atoms with van der Waals surface area (Å²) in [4.78, 5) is 23.5. The third-order valence-electron chi connectivity index (χ3n) is 4.97. The van der Waals surface area contributed by atoms with Gasteiger partial charge in [0.25, 0.3) is 5.91 Å². The SMILES string of the molecule is CC1CCN(Cc2csc(NC(=O)c3ccc(-n4ccnc4)cc3)n2)CC1. The van der Waals surface area contributed by atoms with Crippen molar-refractivity contribution in [1.82, 2.24) is 19.4 Å². The highest BCUT2D eigenvalue weighted by atomic mass is 32.1. The molecule has 0 atom stereocenters. The quantitative estimate of drug-likeness (QED) is 0.730. The summed E-state index contributed by atoms with van der Waals surface area (Å²) < 4.78 is 1.90. The van der Waals surface area contributed by atoms with Crippen LogP contribution in [0.25, 0.3) is 5.69 Å². The first-order valence-corrected chi connectivity index (χ1v) is 10.1. The van der Waals surface area contributed by atoms with Crippen LogP contribution in [0, 0.1) is 5.92 Å². The normalized spacial score (nSPS) is 15.7. The summed E-state index contributed by atoms with van der Waals surface area (Å²) in [6, 6.07) is 7.44. The van der Waals surface area contributed by atoms with Gasteiger partial charge in [0.15, 0.2) is 5.13 Å². The first-order valence-electron chi connectivity index (χ1n) is 9.24. The van der Waals surface area contributed by atoms with Gasteiger partial charge < -0.3 is 4.57 Å². The number of anilines is 1. The molecule has 6 nitrogen and oxygen atoms in total. The van der Waals surface area contributed by atoms with Crippen LogP contribution in [-0.2, 0) is 6.54 Å². The minimum absolute atomic E-state index is 0.139. The Labute approximate surface area is 162 Å². The molecule has 7 heteroatoms. The van der Waals surface area contributed by atoms with Crippen LogP contribution in [0.1, 0.15) is 35.8 Å². The molecule has 2 aromatic heterocycles. The number of likely N-dealkylation sites (tertiary alicyclic amines) is 1. The molecular formula is C20H23N5OS. The van der Waals surface area contributed by atoms with Crippen molar-refractivity contribution in [2.75, 3.05) is 18.4 Å². The monoisotopic (exact) mass is 381 g/mol. The van der Waals surface area contributed by atoms with Crippen LogP contribution in [0.3, 0.4) is 0 Å². The number of thiazole rings is 1. The van der Waals surface area contributed by atoms with E-state index in [9.17, 15) is 4.79 Å². The average Bonchev–Trinajstić information content (AvgIpc) is 3.36. The van der Waals surface area contributed by atoms with Crippen LogP contribution < -0.4 is 5.32 Å². The largest absolute Gasteiger partial charge is 0.306 e. The number of piperidine rings is 1. The highest BCUT2D eigenvalue weighted by Crippen LogP contribution is 2.21. The Bertz CT molecular complexity index is 880. The Morgan fingerprint density at radius 3 is 2.74 bits per heavy atom. The number of benzene rings is 1. The fourth-order valence-electron chi connectivity index (χ4n) is 3.25. The molecule has 1 aliphatic heterocycles. The van der Waals surface area contributed by atoms with Crippen molar-refractivity contribution in [3.8, 4) is 5.69 Å². The smallest absolute Gasteiger partial charge is 0.257 e. The van der Waals surface area contributed by atoms with Gasteiger partial charge in [-0.05, 0) is 56.1 Å². The van der Waals surface area contributed by atoms with Gasteiger partial charge in [-0.25, -0.2) is 9.97 Å². The third kappa shape index (κ3) is 4.43. The lowest BCUT2D eigenvalue weighted by Gasteiger charge is -2.29. The first kappa shape index (κ1) is 17.9. The summed E-state index contributed by atoms with van der Waals surface area (Å²) >= 11 is 1.48. The molecule has 0 bridgehead atoms. The minimum Gasteiger partial charge on any atom is -0.306 e. The van der Waals surface area contributed by atoms with E-state index in [-0.39, 0.29) is 5.91 Å². The number of nitrogens with zero attached hydrogens (tertiary/aromatic N) is 4. The number of hydrogen-bond donors (Lipinski definition) is 1. The van der Waals surface area contributed by atoms with Crippen molar-refractivity contribution in [1.29, 1.82) is 0 Å². The van der Waals surface area contributed by atoms with Crippen LogP contribution in [-0.4, -0.2) is 38.4 Å². The minimum atomic E-state index is -0.139. The van der Waals surface area contributed by atoms with E-state index < -0.39 is 0 Å². The lowest BCUT2D eigenvalue weighted by Crippen LogP contribution is -2.32. The summed E-state index contributed by atoms with van der Waals surface area (Å²) in [5.74, 6) is 0.687. The lowest BCUT2D eigenvalue weighted by molar-refractivity contribution is 0.102. The highest BCUT2D eigenvalue weighted by molar-refractivity contribution is 7.13. The zero-order valence-electron chi connectivity index (χ0n) is 15.3. The van der Waals surface area contributed by atoms with Crippen molar-refractivity contribution in [2.24, 2.45) is 5.92 Å².